The largest absolute Gasteiger partial charge is 0.348 e. The quantitative estimate of drug-likeness (QED) is 0.897. The molecule has 3 N–H and O–H groups in total. The zero-order valence-electron chi connectivity index (χ0n) is 10.7. The number of benzene rings is 1. The van der Waals surface area contributed by atoms with E-state index in [0.717, 1.165) is 16.5 Å². The molecule has 3 nitrogen and oxygen atoms in total. The lowest BCUT2D eigenvalue weighted by Crippen LogP contribution is -2.42. The van der Waals surface area contributed by atoms with E-state index < -0.39 is 0 Å². The van der Waals surface area contributed by atoms with Gasteiger partial charge in [-0.2, -0.15) is 0 Å². The van der Waals surface area contributed by atoms with Gasteiger partial charge in [-0.25, -0.2) is 0 Å². The summed E-state index contributed by atoms with van der Waals surface area (Å²) in [5, 5.41) is 3.04. The van der Waals surface area contributed by atoms with Crippen molar-refractivity contribution < 1.29 is 4.79 Å². The molecule has 0 bridgehead atoms. The Balaban J connectivity index is 2.06. The van der Waals surface area contributed by atoms with Crippen molar-refractivity contribution >= 4 is 21.8 Å². The normalized spacial score (nSPS) is 23.6. The fraction of sp³-hybridized carbons (Fsp3) is 0.500. The molecule has 4 heteroatoms. The summed E-state index contributed by atoms with van der Waals surface area (Å²) in [6.45, 7) is 4.70. The number of nitrogens with two attached hydrogens (primary N) is 1. The second kappa shape index (κ2) is 5.41. The van der Waals surface area contributed by atoms with E-state index in [2.05, 4.69) is 28.2 Å². The summed E-state index contributed by atoms with van der Waals surface area (Å²) >= 11 is 3.43. The molecule has 1 aliphatic rings. The minimum absolute atomic E-state index is 0.0450. The molecule has 1 saturated carbocycles. The smallest absolute Gasteiger partial charge is 0.252 e. The predicted molar refractivity (Wildman–Crippen MR) is 76.5 cm³/mol. The average molecular weight is 311 g/mol. The molecule has 1 aromatic rings. The topological polar surface area (TPSA) is 55.1 Å². The van der Waals surface area contributed by atoms with Crippen molar-refractivity contribution in [3.8, 4) is 0 Å². The van der Waals surface area contributed by atoms with Crippen LogP contribution in [0.15, 0.2) is 22.7 Å². The maximum Gasteiger partial charge on any atom is 0.252 e. The summed E-state index contributed by atoms with van der Waals surface area (Å²) in [5.74, 6) is 1.18. The van der Waals surface area contributed by atoms with E-state index in [9.17, 15) is 4.79 Å². The fourth-order valence-electron chi connectivity index (χ4n) is 2.30. The summed E-state index contributed by atoms with van der Waals surface area (Å²) in [6, 6.07) is 5.84. The maximum absolute atomic E-state index is 12.2. The zero-order valence-corrected chi connectivity index (χ0v) is 12.3. The van der Waals surface area contributed by atoms with Gasteiger partial charge in [0.25, 0.3) is 5.91 Å². The lowest BCUT2D eigenvalue weighted by molar-refractivity contribution is 0.0932. The van der Waals surface area contributed by atoms with Gasteiger partial charge >= 0.3 is 0 Å². The lowest BCUT2D eigenvalue weighted by Gasteiger charge is -2.17. The summed E-state index contributed by atoms with van der Waals surface area (Å²) in [7, 11) is 0. The number of rotatable bonds is 4. The highest BCUT2D eigenvalue weighted by molar-refractivity contribution is 9.10. The van der Waals surface area contributed by atoms with Gasteiger partial charge in [0, 0.05) is 17.1 Å². The first-order chi connectivity index (χ1) is 8.52. The van der Waals surface area contributed by atoms with E-state index >= 15 is 0 Å². The van der Waals surface area contributed by atoms with Crippen LogP contribution in [0.25, 0.3) is 0 Å². The number of carbonyl (C=O) groups is 1. The van der Waals surface area contributed by atoms with Gasteiger partial charge in [0.2, 0.25) is 0 Å². The number of hydrogen-bond acceptors (Lipinski definition) is 2. The van der Waals surface area contributed by atoms with Gasteiger partial charge in [0.15, 0.2) is 0 Å². The third kappa shape index (κ3) is 2.93. The van der Waals surface area contributed by atoms with Gasteiger partial charge in [-0.05, 0) is 58.8 Å². The van der Waals surface area contributed by atoms with Crippen LogP contribution in [0.4, 0.5) is 0 Å². The van der Waals surface area contributed by atoms with Crippen molar-refractivity contribution in [2.45, 2.75) is 26.3 Å². The molecule has 0 saturated heterocycles. The Morgan fingerprint density at radius 3 is 2.78 bits per heavy atom. The highest BCUT2D eigenvalue weighted by Crippen LogP contribution is 2.40. The first-order valence-electron chi connectivity index (χ1n) is 6.30. The van der Waals surface area contributed by atoms with Gasteiger partial charge in [-0.1, -0.05) is 13.0 Å². The molecular formula is C14H19BrN2O. The molecule has 1 amide bonds. The van der Waals surface area contributed by atoms with Crippen molar-refractivity contribution in [2.75, 3.05) is 6.54 Å². The summed E-state index contributed by atoms with van der Waals surface area (Å²) in [6.07, 6.45) is 1.16. The first-order valence-corrected chi connectivity index (χ1v) is 7.09. The molecule has 0 aromatic heterocycles. The van der Waals surface area contributed by atoms with Crippen LogP contribution >= 0.6 is 15.9 Å². The SMILES string of the molecule is Cc1ccc(C(=O)N[C@H](CN)[C@@H]2C[C@@H]2C)c(Br)c1. The molecule has 98 valence electrons. The second-order valence-corrected chi connectivity index (χ2v) is 6.03. The van der Waals surface area contributed by atoms with Crippen LogP contribution in [0.5, 0.6) is 0 Å². The van der Waals surface area contributed by atoms with Crippen LogP contribution in [-0.4, -0.2) is 18.5 Å². The van der Waals surface area contributed by atoms with Gasteiger partial charge in [0.05, 0.1) is 5.56 Å². The van der Waals surface area contributed by atoms with Gasteiger partial charge in [-0.3, -0.25) is 4.79 Å². The Hall–Kier alpha value is -0.870. The maximum atomic E-state index is 12.2. The van der Waals surface area contributed by atoms with E-state index in [0.29, 0.717) is 23.9 Å². The highest BCUT2D eigenvalue weighted by Gasteiger charge is 2.39. The van der Waals surface area contributed by atoms with Crippen molar-refractivity contribution in [3.63, 3.8) is 0 Å². The van der Waals surface area contributed by atoms with Gasteiger partial charge in [-0.15, -0.1) is 0 Å². The standard InChI is InChI=1S/C14H19BrN2O/c1-8-3-4-10(12(15)5-8)14(18)17-13(7-16)11-6-9(11)2/h3-5,9,11,13H,6-7,16H2,1-2H3,(H,17,18)/t9-,11+,13+/m0/s1. The highest BCUT2D eigenvalue weighted by atomic mass is 79.9. The van der Waals surface area contributed by atoms with E-state index in [-0.39, 0.29) is 11.9 Å². The van der Waals surface area contributed by atoms with E-state index in [4.69, 9.17) is 5.73 Å². The Kier molecular flexibility index (Phi) is 4.07. The van der Waals surface area contributed by atoms with Gasteiger partial charge in [0.1, 0.15) is 0 Å². The molecular weight excluding hydrogens is 292 g/mol. The Morgan fingerprint density at radius 1 is 1.61 bits per heavy atom. The first kappa shape index (κ1) is 13.6. The minimum Gasteiger partial charge on any atom is -0.348 e. The van der Waals surface area contributed by atoms with Crippen LogP contribution in [-0.2, 0) is 0 Å². The number of carbonyl (C=O) groups excluding carboxylic acids is 1. The molecule has 0 spiro atoms. The third-order valence-electron chi connectivity index (χ3n) is 3.63. The minimum atomic E-state index is -0.0450. The molecule has 18 heavy (non-hydrogen) atoms. The number of aryl methyl sites for hydroxylation is 1. The second-order valence-electron chi connectivity index (χ2n) is 5.18. The van der Waals surface area contributed by atoms with Crippen LogP contribution in [0, 0.1) is 18.8 Å². The van der Waals surface area contributed by atoms with Crippen LogP contribution in [0.2, 0.25) is 0 Å². The Morgan fingerprint density at radius 2 is 2.28 bits per heavy atom. The molecule has 1 aliphatic carbocycles. The molecule has 0 aliphatic heterocycles. The number of halogens is 1. The van der Waals surface area contributed by atoms with Gasteiger partial charge < -0.3 is 11.1 Å². The Bertz CT molecular complexity index is 461. The molecule has 0 unspecified atom stereocenters. The molecule has 0 heterocycles. The Labute approximate surface area is 116 Å². The van der Waals surface area contributed by atoms with E-state index in [1.165, 1.54) is 0 Å². The summed E-state index contributed by atoms with van der Waals surface area (Å²) in [5.41, 5.74) is 7.54. The summed E-state index contributed by atoms with van der Waals surface area (Å²) < 4.78 is 0.833. The van der Waals surface area contributed by atoms with E-state index in [1.807, 2.05) is 25.1 Å². The van der Waals surface area contributed by atoms with Crippen LogP contribution < -0.4 is 11.1 Å². The van der Waals surface area contributed by atoms with Crippen LogP contribution in [0.3, 0.4) is 0 Å². The molecule has 1 fully saturated rings. The van der Waals surface area contributed by atoms with E-state index in [1.54, 1.807) is 0 Å². The van der Waals surface area contributed by atoms with Crippen molar-refractivity contribution in [1.82, 2.24) is 5.32 Å². The molecule has 2 rings (SSSR count). The third-order valence-corrected chi connectivity index (χ3v) is 4.28. The number of amides is 1. The summed E-state index contributed by atoms with van der Waals surface area (Å²) in [4.78, 5) is 12.2. The lowest BCUT2D eigenvalue weighted by atomic mass is 10.1. The number of nitrogens with one attached hydrogen (secondary N) is 1. The van der Waals surface area contributed by atoms with Crippen LogP contribution in [0.1, 0.15) is 29.3 Å². The average Bonchev–Trinajstić information content (AvgIpc) is 3.02. The number of hydrogen-bond donors (Lipinski definition) is 2. The van der Waals surface area contributed by atoms with Crippen molar-refractivity contribution in [3.05, 3.63) is 33.8 Å². The molecule has 1 aromatic carbocycles. The fourth-order valence-corrected chi connectivity index (χ4v) is 2.98. The predicted octanol–water partition coefficient (Wildman–Crippen LogP) is 2.47. The molecule has 0 radical (unpaired) electrons. The molecule has 3 atom stereocenters. The van der Waals surface area contributed by atoms with Crippen molar-refractivity contribution in [2.24, 2.45) is 17.6 Å². The monoisotopic (exact) mass is 310 g/mol. The van der Waals surface area contributed by atoms with Crippen molar-refractivity contribution in [1.29, 1.82) is 0 Å². The zero-order chi connectivity index (χ0) is 13.3.